The lowest BCUT2D eigenvalue weighted by Crippen LogP contribution is -2.23. The maximum atomic E-state index is 12.8. The van der Waals surface area contributed by atoms with Crippen LogP contribution in [0.2, 0.25) is 0 Å². The van der Waals surface area contributed by atoms with Gasteiger partial charge in [0, 0.05) is 19.8 Å². The number of hydrogen-bond acceptors (Lipinski definition) is 3. The summed E-state index contributed by atoms with van der Waals surface area (Å²) >= 11 is 0. The van der Waals surface area contributed by atoms with E-state index in [0.717, 1.165) is 16.8 Å². The standard InChI is InChI=1S/C23H26N4O2/c1-4-21-20(15-24-27(21)16-18-8-6-5-7-9-18)23(29)25-19-12-10-17(11-13-19)14-22(28)26(2)3/h5-13,15H,4,14,16H2,1-3H3,(H,25,29). The van der Waals surface area contributed by atoms with E-state index in [1.165, 1.54) is 0 Å². The molecule has 0 unspecified atom stereocenters. The van der Waals surface area contributed by atoms with Gasteiger partial charge in [-0.2, -0.15) is 5.10 Å². The Labute approximate surface area is 171 Å². The molecule has 0 aliphatic rings. The topological polar surface area (TPSA) is 67.2 Å². The highest BCUT2D eigenvalue weighted by Crippen LogP contribution is 2.16. The number of nitrogens with one attached hydrogen (secondary N) is 1. The maximum absolute atomic E-state index is 12.8. The van der Waals surface area contributed by atoms with Crippen LogP contribution in [0.15, 0.2) is 60.8 Å². The molecule has 6 nitrogen and oxygen atoms in total. The Balaban J connectivity index is 1.70. The molecule has 0 fully saturated rings. The van der Waals surface area contributed by atoms with Crippen molar-refractivity contribution in [3.05, 3.63) is 83.2 Å². The molecule has 0 saturated carbocycles. The Morgan fingerprint density at radius 3 is 2.31 bits per heavy atom. The van der Waals surface area contributed by atoms with Gasteiger partial charge in [-0.15, -0.1) is 0 Å². The maximum Gasteiger partial charge on any atom is 0.259 e. The van der Waals surface area contributed by atoms with Crippen LogP contribution in [0.25, 0.3) is 0 Å². The zero-order valence-corrected chi connectivity index (χ0v) is 17.1. The minimum Gasteiger partial charge on any atom is -0.349 e. The molecule has 6 heteroatoms. The Morgan fingerprint density at radius 2 is 1.69 bits per heavy atom. The third-order valence-corrected chi connectivity index (χ3v) is 4.77. The van der Waals surface area contributed by atoms with Gasteiger partial charge in [0.15, 0.2) is 0 Å². The number of hydrogen-bond donors (Lipinski definition) is 1. The minimum atomic E-state index is -0.182. The lowest BCUT2D eigenvalue weighted by molar-refractivity contribution is -0.127. The van der Waals surface area contributed by atoms with E-state index < -0.39 is 0 Å². The van der Waals surface area contributed by atoms with Crippen molar-refractivity contribution in [1.82, 2.24) is 14.7 Å². The van der Waals surface area contributed by atoms with Crippen LogP contribution >= 0.6 is 0 Å². The first-order valence-electron chi connectivity index (χ1n) is 9.67. The van der Waals surface area contributed by atoms with Crippen LogP contribution in [0.3, 0.4) is 0 Å². The van der Waals surface area contributed by atoms with Crippen molar-refractivity contribution in [1.29, 1.82) is 0 Å². The van der Waals surface area contributed by atoms with Gasteiger partial charge in [-0.1, -0.05) is 49.4 Å². The lowest BCUT2D eigenvalue weighted by atomic mass is 10.1. The van der Waals surface area contributed by atoms with E-state index >= 15 is 0 Å². The number of anilines is 1. The number of likely N-dealkylation sites (N-methyl/N-ethyl adjacent to an activating group) is 1. The monoisotopic (exact) mass is 390 g/mol. The largest absolute Gasteiger partial charge is 0.349 e. The molecule has 0 radical (unpaired) electrons. The summed E-state index contributed by atoms with van der Waals surface area (Å²) in [7, 11) is 3.47. The highest BCUT2D eigenvalue weighted by atomic mass is 16.2. The van der Waals surface area contributed by atoms with E-state index in [2.05, 4.69) is 10.4 Å². The Morgan fingerprint density at radius 1 is 1.00 bits per heavy atom. The molecule has 2 amide bonds. The molecular formula is C23H26N4O2. The van der Waals surface area contributed by atoms with E-state index in [9.17, 15) is 9.59 Å². The highest BCUT2D eigenvalue weighted by molar-refractivity contribution is 6.05. The van der Waals surface area contributed by atoms with Crippen LogP contribution in [0.4, 0.5) is 5.69 Å². The molecular weight excluding hydrogens is 364 g/mol. The molecule has 2 aromatic carbocycles. The van der Waals surface area contributed by atoms with Crippen LogP contribution < -0.4 is 5.32 Å². The fourth-order valence-corrected chi connectivity index (χ4v) is 3.10. The van der Waals surface area contributed by atoms with Crippen LogP contribution in [0, 0.1) is 0 Å². The summed E-state index contributed by atoms with van der Waals surface area (Å²) < 4.78 is 1.88. The molecule has 0 atom stereocenters. The molecule has 150 valence electrons. The van der Waals surface area contributed by atoms with Crippen LogP contribution in [-0.2, 0) is 24.2 Å². The number of carbonyl (C=O) groups is 2. The predicted molar refractivity (Wildman–Crippen MR) is 114 cm³/mol. The molecule has 0 spiro atoms. The molecule has 0 saturated heterocycles. The van der Waals surface area contributed by atoms with Gasteiger partial charge in [0.2, 0.25) is 5.91 Å². The second-order valence-electron chi connectivity index (χ2n) is 7.12. The average molecular weight is 390 g/mol. The van der Waals surface area contributed by atoms with Gasteiger partial charge in [-0.25, -0.2) is 0 Å². The van der Waals surface area contributed by atoms with Crippen molar-refractivity contribution < 1.29 is 9.59 Å². The van der Waals surface area contributed by atoms with Gasteiger partial charge in [-0.3, -0.25) is 14.3 Å². The summed E-state index contributed by atoms with van der Waals surface area (Å²) in [6, 6.07) is 17.4. The lowest BCUT2D eigenvalue weighted by Gasteiger charge is -2.11. The quantitative estimate of drug-likeness (QED) is 0.673. The smallest absolute Gasteiger partial charge is 0.259 e. The second kappa shape index (κ2) is 9.19. The van der Waals surface area contributed by atoms with Gasteiger partial charge in [0.05, 0.1) is 30.4 Å². The molecule has 0 aliphatic carbocycles. The summed E-state index contributed by atoms with van der Waals surface area (Å²) in [4.78, 5) is 26.2. The summed E-state index contributed by atoms with van der Waals surface area (Å²) in [5.41, 5.74) is 4.22. The van der Waals surface area contributed by atoms with Gasteiger partial charge >= 0.3 is 0 Å². The first-order valence-corrected chi connectivity index (χ1v) is 9.67. The Kier molecular flexibility index (Phi) is 6.44. The average Bonchev–Trinajstić information content (AvgIpc) is 3.12. The number of nitrogens with zero attached hydrogens (tertiary/aromatic N) is 3. The molecule has 3 rings (SSSR count). The van der Waals surface area contributed by atoms with Crippen molar-refractivity contribution in [2.45, 2.75) is 26.3 Å². The Bertz CT molecular complexity index is 976. The van der Waals surface area contributed by atoms with Crippen molar-refractivity contribution in [2.75, 3.05) is 19.4 Å². The van der Waals surface area contributed by atoms with Crippen molar-refractivity contribution in [3.8, 4) is 0 Å². The van der Waals surface area contributed by atoms with Crippen molar-refractivity contribution in [2.24, 2.45) is 0 Å². The number of carbonyl (C=O) groups excluding carboxylic acids is 2. The minimum absolute atomic E-state index is 0.0419. The molecule has 0 bridgehead atoms. The zero-order chi connectivity index (χ0) is 20.8. The van der Waals surface area contributed by atoms with Crippen LogP contribution in [0.5, 0.6) is 0 Å². The number of benzene rings is 2. The SMILES string of the molecule is CCc1c(C(=O)Nc2ccc(CC(=O)N(C)C)cc2)cnn1Cc1ccccc1. The third-order valence-electron chi connectivity index (χ3n) is 4.77. The van der Waals surface area contributed by atoms with Gasteiger partial charge in [-0.05, 0) is 29.7 Å². The number of amides is 2. The summed E-state index contributed by atoms with van der Waals surface area (Å²) in [6.07, 6.45) is 2.68. The molecule has 1 heterocycles. The van der Waals surface area contributed by atoms with E-state index in [1.54, 1.807) is 25.2 Å². The fraction of sp³-hybridized carbons (Fsp3) is 0.261. The van der Waals surface area contributed by atoms with Crippen molar-refractivity contribution >= 4 is 17.5 Å². The predicted octanol–water partition coefficient (Wildman–Crippen LogP) is 3.38. The number of aromatic nitrogens is 2. The van der Waals surface area contributed by atoms with E-state index in [4.69, 9.17) is 0 Å². The van der Waals surface area contributed by atoms with E-state index in [-0.39, 0.29) is 11.8 Å². The van der Waals surface area contributed by atoms with Crippen molar-refractivity contribution in [3.63, 3.8) is 0 Å². The fourth-order valence-electron chi connectivity index (χ4n) is 3.10. The van der Waals surface area contributed by atoms with E-state index in [0.29, 0.717) is 30.6 Å². The van der Waals surface area contributed by atoms with Crippen LogP contribution in [0.1, 0.15) is 34.1 Å². The summed E-state index contributed by atoms with van der Waals surface area (Å²) in [5, 5.41) is 7.35. The molecule has 1 N–H and O–H groups in total. The first kappa shape index (κ1) is 20.3. The second-order valence-corrected chi connectivity index (χ2v) is 7.12. The normalized spacial score (nSPS) is 10.6. The molecule has 29 heavy (non-hydrogen) atoms. The van der Waals surface area contributed by atoms with Gasteiger partial charge < -0.3 is 10.2 Å². The third kappa shape index (κ3) is 5.10. The Hall–Kier alpha value is -3.41. The van der Waals surface area contributed by atoms with Crippen LogP contribution in [-0.4, -0.2) is 40.6 Å². The van der Waals surface area contributed by atoms with E-state index in [1.807, 2.05) is 66.2 Å². The van der Waals surface area contributed by atoms with Gasteiger partial charge in [0.1, 0.15) is 0 Å². The summed E-state index contributed by atoms with van der Waals surface area (Å²) in [5.74, 6) is -0.140. The number of rotatable bonds is 7. The molecule has 1 aromatic heterocycles. The first-order chi connectivity index (χ1) is 14.0. The molecule has 3 aromatic rings. The van der Waals surface area contributed by atoms with Gasteiger partial charge in [0.25, 0.3) is 5.91 Å². The molecule has 0 aliphatic heterocycles. The highest BCUT2D eigenvalue weighted by Gasteiger charge is 2.17. The summed E-state index contributed by atoms with van der Waals surface area (Å²) in [6.45, 7) is 2.65. The zero-order valence-electron chi connectivity index (χ0n) is 17.1.